The molecule has 314 valence electrons. The van der Waals surface area contributed by atoms with Gasteiger partial charge in [-0.25, -0.2) is 4.98 Å². The molecule has 5 nitrogen and oxygen atoms in total. The maximum absolute atomic E-state index is 7.08. The molecule has 62 heavy (non-hydrogen) atoms. The first kappa shape index (κ1) is 41.0. The second-order valence-electron chi connectivity index (χ2n) is 20.7. The lowest BCUT2D eigenvalue weighted by Crippen LogP contribution is -2.25. The summed E-state index contributed by atoms with van der Waals surface area (Å²) in [5, 5.41) is 2.38. The molecule has 0 aliphatic carbocycles. The van der Waals surface area contributed by atoms with E-state index in [1.165, 1.54) is 55.7 Å². The molecular formula is C57H60N4O. The second-order valence-corrected chi connectivity index (χ2v) is 20.7. The van der Waals surface area contributed by atoms with E-state index >= 15 is 0 Å². The SMILES string of the molecule is CC(C)(C)c1cccc(N2CN(c3cc(Oc4ccc5c6cc(C(C)(C)C)ccc6n(-c6cc(C(C)(C)C)ccn6)c5c4)cc(C(C)(C)c4ccccc4)c3)c3ccccc32)c1. The maximum Gasteiger partial charge on any atom is 0.137 e. The third-order valence-corrected chi connectivity index (χ3v) is 12.9. The van der Waals surface area contributed by atoms with Crippen molar-refractivity contribution >= 4 is 44.6 Å². The number of benzene rings is 6. The zero-order valence-electron chi connectivity index (χ0n) is 38.3. The number of hydrogen-bond acceptors (Lipinski definition) is 4. The molecule has 1 aliphatic rings. The fourth-order valence-electron chi connectivity index (χ4n) is 8.90. The van der Waals surface area contributed by atoms with Crippen molar-refractivity contribution in [3.05, 3.63) is 180 Å². The minimum absolute atomic E-state index is 0.00959. The van der Waals surface area contributed by atoms with Crippen LogP contribution in [0.1, 0.15) is 104 Å². The molecule has 6 aromatic carbocycles. The molecule has 8 aromatic rings. The Kier molecular flexibility index (Phi) is 9.89. The van der Waals surface area contributed by atoms with Gasteiger partial charge in [0.1, 0.15) is 24.0 Å². The van der Waals surface area contributed by atoms with E-state index < -0.39 is 0 Å². The third-order valence-electron chi connectivity index (χ3n) is 12.9. The Hall–Kier alpha value is -6.33. The van der Waals surface area contributed by atoms with E-state index in [2.05, 4.69) is 236 Å². The van der Waals surface area contributed by atoms with E-state index in [1.54, 1.807) is 0 Å². The van der Waals surface area contributed by atoms with Crippen LogP contribution < -0.4 is 14.5 Å². The molecule has 0 unspecified atom stereocenters. The van der Waals surface area contributed by atoms with Gasteiger partial charge < -0.3 is 14.5 Å². The molecule has 0 N–H and O–H groups in total. The Bertz CT molecular complexity index is 2950. The second kappa shape index (κ2) is 14.9. The van der Waals surface area contributed by atoms with Crippen molar-refractivity contribution in [3.8, 4) is 17.3 Å². The van der Waals surface area contributed by atoms with Crippen molar-refractivity contribution in [2.75, 3.05) is 16.5 Å². The van der Waals surface area contributed by atoms with E-state index in [1.807, 2.05) is 6.20 Å². The summed E-state index contributed by atoms with van der Waals surface area (Å²) in [6, 6.07) is 53.1. The molecule has 0 saturated heterocycles. The van der Waals surface area contributed by atoms with Gasteiger partial charge in [0.2, 0.25) is 0 Å². The number of nitrogens with zero attached hydrogens (tertiary/aromatic N) is 4. The molecule has 5 heteroatoms. The van der Waals surface area contributed by atoms with Crippen molar-refractivity contribution < 1.29 is 4.74 Å². The molecule has 9 rings (SSSR count). The number of anilines is 4. The van der Waals surface area contributed by atoms with Gasteiger partial charge in [0.15, 0.2) is 0 Å². The quantitative estimate of drug-likeness (QED) is 0.160. The van der Waals surface area contributed by atoms with Gasteiger partial charge >= 0.3 is 0 Å². The summed E-state index contributed by atoms with van der Waals surface area (Å²) < 4.78 is 9.39. The summed E-state index contributed by atoms with van der Waals surface area (Å²) >= 11 is 0. The number of para-hydroxylation sites is 2. The lowest BCUT2D eigenvalue weighted by Gasteiger charge is -2.29. The highest BCUT2D eigenvalue weighted by Crippen LogP contribution is 2.47. The molecular weight excluding hydrogens is 757 g/mol. The summed E-state index contributed by atoms with van der Waals surface area (Å²) in [4.78, 5) is 9.84. The maximum atomic E-state index is 7.08. The fourth-order valence-corrected chi connectivity index (χ4v) is 8.90. The van der Waals surface area contributed by atoms with Crippen LogP contribution in [0.4, 0.5) is 22.7 Å². The largest absolute Gasteiger partial charge is 0.457 e. The van der Waals surface area contributed by atoms with E-state index in [9.17, 15) is 0 Å². The number of rotatable bonds is 7. The first-order chi connectivity index (χ1) is 29.4. The molecule has 0 spiro atoms. The van der Waals surface area contributed by atoms with Crippen LogP contribution in [0, 0.1) is 0 Å². The minimum atomic E-state index is -0.305. The molecule has 0 fully saturated rings. The van der Waals surface area contributed by atoms with Crippen molar-refractivity contribution in [3.63, 3.8) is 0 Å². The first-order valence-electron chi connectivity index (χ1n) is 22.1. The summed E-state index contributed by atoms with van der Waals surface area (Å²) in [6.07, 6.45) is 1.94. The van der Waals surface area contributed by atoms with Crippen LogP contribution in [0.2, 0.25) is 0 Å². The van der Waals surface area contributed by atoms with Crippen molar-refractivity contribution in [1.82, 2.24) is 9.55 Å². The Morgan fingerprint density at radius 1 is 0.435 bits per heavy atom. The summed E-state index contributed by atoms with van der Waals surface area (Å²) in [6.45, 7) is 25.7. The Labute approximate surface area is 368 Å². The van der Waals surface area contributed by atoms with Gasteiger partial charge in [-0.2, -0.15) is 0 Å². The topological polar surface area (TPSA) is 33.5 Å². The lowest BCUT2D eigenvalue weighted by molar-refractivity contribution is 0.480. The number of pyridine rings is 1. The predicted molar refractivity (Wildman–Crippen MR) is 262 cm³/mol. The summed E-state index contributed by atoms with van der Waals surface area (Å²) in [7, 11) is 0. The molecule has 0 radical (unpaired) electrons. The van der Waals surface area contributed by atoms with Crippen LogP contribution in [0.3, 0.4) is 0 Å². The van der Waals surface area contributed by atoms with Crippen molar-refractivity contribution in [1.29, 1.82) is 0 Å². The summed E-state index contributed by atoms with van der Waals surface area (Å²) in [5.41, 5.74) is 12.8. The van der Waals surface area contributed by atoms with Gasteiger partial charge in [-0.05, 0) is 117 Å². The van der Waals surface area contributed by atoms with E-state index in [0.717, 1.165) is 34.0 Å². The number of fused-ring (bicyclic) bond motifs is 4. The van der Waals surface area contributed by atoms with Crippen LogP contribution in [-0.4, -0.2) is 16.2 Å². The van der Waals surface area contributed by atoms with Gasteiger partial charge in [0.25, 0.3) is 0 Å². The van der Waals surface area contributed by atoms with E-state index in [4.69, 9.17) is 9.72 Å². The smallest absolute Gasteiger partial charge is 0.137 e. The molecule has 1 aliphatic heterocycles. The number of hydrogen-bond donors (Lipinski definition) is 0. The third kappa shape index (κ3) is 7.52. The minimum Gasteiger partial charge on any atom is -0.457 e. The number of ether oxygens (including phenoxy) is 1. The molecule has 2 aromatic heterocycles. The highest BCUT2D eigenvalue weighted by Gasteiger charge is 2.31. The van der Waals surface area contributed by atoms with E-state index in [-0.39, 0.29) is 21.7 Å². The Balaban J connectivity index is 1.19. The van der Waals surface area contributed by atoms with Gasteiger partial charge in [-0.15, -0.1) is 0 Å². The highest BCUT2D eigenvalue weighted by molar-refractivity contribution is 6.09. The van der Waals surface area contributed by atoms with Gasteiger partial charge in [0.05, 0.1) is 22.4 Å². The van der Waals surface area contributed by atoms with Gasteiger partial charge in [0, 0.05) is 45.9 Å². The highest BCUT2D eigenvalue weighted by atomic mass is 16.5. The monoisotopic (exact) mass is 816 g/mol. The molecule has 3 heterocycles. The predicted octanol–water partition coefficient (Wildman–Crippen LogP) is 15.4. The standard InChI is InChI=1S/C57H60N4O/c1-54(2,3)39-20-17-21-43(30-39)59-37-60(51-23-16-15-22-50(51)59)44-31-42(57(10,11)38-18-13-12-14-19-38)32-46(35-44)62-45-25-26-47-48-33-40(55(4,5)6)24-27-49(48)61(52(47)36-45)53-34-41(28-29-58-53)56(7,8)9/h12-36H,37H2,1-11H3. The molecule has 0 bridgehead atoms. The average molecular weight is 817 g/mol. The molecule has 0 atom stereocenters. The normalized spacial score (nSPS) is 13.6. The van der Waals surface area contributed by atoms with Crippen molar-refractivity contribution in [2.45, 2.75) is 97.8 Å². The van der Waals surface area contributed by atoms with Gasteiger partial charge in [-0.3, -0.25) is 4.57 Å². The van der Waals surface area contributed by atoms with Gasteiger partial charge in [-0.1, -0.05) is 137 Å². The molecule has 0 saturated carbocycles. The lowest BCUT2D eigenvalue weighted by atomic mass is 9.78. The van der Waals surface area contributed by atoms with Crippen LogP contribution >= 0.6 is 0 Å². The van der Waals surface area contributed by atoms with Crippen molar-refractivity contribution in [2.24, 2.45) is 0 Å². The Morgan fingerprint density at radius 2 is 1.05 bits per heavy atom. The number of aromatic nitrogens is 2. The van der Waals surface area contributed by atoms with Crippen LogP contribution in [0.5, 0.6) is 11.5 Å². The fraction of sp³-hybridized carbons (Fsp3) is 0.281. The van der Waals surface area contributed by atoms with Crippen LogP contribution in [-0.2, 0) is 21.7 Å². The van der Waals surface area contributed by atoms with Crippen LogP contribution in [0.15, 0.2) is 152 Å². The first-order valence-corrected chi connectivity index (χ1v) is 22.1. The zero-order chi connectivity index (χ0) is 43.8. The average Bonchev–Trinajstić information content (AvgIpc) is 3.79. The van der Waals surface area contributed by atoms with Crippen LogP contribution in [0.25, 0.3) is 27.6 Å². The zero-order valence-corrected chi connectivity index (χ0v) is 38.3. The summed E-state index contributed by atoms with van der Waals surface area (Å²) in [5.74, 6) is 2.46. The Morgan fingerprint density at radius 3 is 1.74 bits per heavy atom. The molecule has 0 amide bonds. The van der Waals surface area contributed by atoms with E-state index in [0.29, 0.717) is 6.67 Å².